The minimum absolute atomic E-state index is 0.0352. The fourth-order valence-corrected chi connectivity index (χ4v) is 4.23. The largest absolute Gasteiger partial charge is 0.481 e. The third kappa shape index (κ3) is 3.43. The highest BCUT2D eigenvalue weighted by Gasteiger charge is 2.25. The maximum absolute atomic E-state index is 10.8. The first-order valence-corrected chi connectivity index (χ1v) is 9.85. The van der Waals surface area contributed by atoms with Crippen LogP contribution in [-0.2, 0) is 11.3 Å². The number of aromatic nitrogens is 3. The maximum atomic E-state index is 10.8. The molecule has 1 aromatic heterocycles. The summed E-state index contributed by atoms with van der Waals surface area (Å²) >= 11 is 4.60. The van der Waals surface area contributed by atoms with E-state index in [2.05, 4.69) is 62.5 Å². The van der Waals surface area contributed by atoms with E-state index in [1.165, 1.54) is 46.5 Å². The molecule has 128 valence electrons. The molecule has 1 N–H and O–H groups in total. The number of benzene rings is 2. The molecule has 5 nitrogen and oxygen atoms in total. The van der Waals surface area contributed by atoms with Crippen LogP contribution in [-0.4, -0.2) is 31.6 Å². The molecular weight excluding hydrogens is 402 g/mol. The van der Waals surface area contributed by atoms with Crippen LogP contribution in [0.3, 0.4) is 0 Å². The van der Waals surface area contributed by atoms with Gasteiger partial charge in [-0.3, -0.25) is 9.36 Å². The van der Waals surface area contributed by atoms with Crippen molar-refractivity contribution < 1.29 is 9.90 Å². The molecule has 7 heteroatoms. The van der Waals surface area contributed by atoms with Crippen LogP contribution in [0.25, 0.3) is 10.8 Å². The van der Waals surface area contributed by atoms with Gasteiger partial charge in [0.1, 0.15) is 0 Å². The number of thioether (sulfide) groups is 1. The van der Waals surface area contributed by atoms with Crippen LogP contribution in [0.1, 0.15) is 29.9 Å². The van der Waals surface area contributed by atoms with Crippen molar-refractivity contribution in [2.24, 2.45) is 0 Å². The Bertz CT molecular complexity index is 953. The van der Waals surface area contributed by atoms with Crippen molar-refractivity contribution in [1.82, 2.24) is 14.8 Å². The molecule has 0 radical (unpaired) electrons. The maximum Gasteiger partial charge on any atom is 0.313 e. The number of fused-ring (bicyclic) bond motifs is 1. The predicted octanol–water partition coefficient (Wildman–Crippen LogP) is 4.30. The van der Waals surface area contributed by atoms with Crippen LogP contribution < -0.4 is 0 Å². The average molecular weight is 418 g/mol. The lowest BCUT2D eigenvalue weighted by atomic mass is 9.97. The summed E-state index contributed by atoms with van der Waals surface area (Å²) < 4.78 is 2.52. The van der Waals surface area contributed by atoms with Gasteiger partial charge in [0, 0.05) is 0 Å². The van der Waals surface area contributed by atoms with E-state index in [-0.39, 0.29) is 5.75 Å². The molecule has 1 fully saturated rings. The van der Waals surface area contributed by atoms with Gasteiger partial charge in [-0.15, -0.1) is 10.2 Å². The molecular formula is C18H16BrN3O2S. The van der Waals surface area contributed by atoms with E-state index in [9.17, 15) is 4.79 Å². The summed E-state index contributed by atoms with van der Waals surface area (Å²) in [6, 6.07) is 12.9. The number of hydrogen-bond acceptors (Lipinski definition) is 4. The van der Waals surface area contributed by atoms with E-state index in [4.69, 9.17) is 5.11 Å². The van der Waals surface area contributed by atoms with E-state index in [0.717, 1.165) is 0 Å². The second-order valence-corrected chi connectivity index (χ2v) is 7.81. The van der Waals surface area contributed by atoms with Gasteiger partial charge in [0.05, 0.1) is 12.3 Å². The number of carboxylic acids is 1. The molecule has 0 aliphatic heterocycles. The van der Waals surface area contributed by atoms with Crippen molar-refractivity contribution >= 4 is 44.4 Å². The molecule has 0 bridgehead atoms. The third-order valence-corrected chi connectivity index (χ3v) is 5.93. The van der Waals surface area contributed by atoms with E-state index < -0.39 is 5.97 Å². The molecule has 0 amide bonds. The normalized spacial score (nSPS) is 14.1. The second kappa shape index (κ2) is 6.80. The zero-order valence-corrected chi connectivity index (χ0v) is 15.8. The van der Waals surface area contributed by atoms with Crippen molar-refractivity contribution in [1.29, 1.82) is 0 Å². The lowest BCUT2D eigenvalue weighted by Crippen LogP contribution is -2.05. The highest BCUT2D eigenvalue weighted by molar-refractivity contribution is 9.10. The topological polar surface area (TPSA) is 68.0 Å². The Balaban J connectivity index is 1.71. The molecule has 1 aliphatic carbocycles. The first-order valence-electron chi connectivity index (χ1n) is 8.07. The minimum atomic E-state index is -0.866. The number of carboxylic acid groups (broad SMARTS) is 1. The van der Waals surface area contributed by atoms with Gasteiger partial charge in [-0.2, -0.15) is 0 Å². The Morgan fingerprint density at radius 3 is 2.68 bits per heavy atom. The van der Waals surface area contributed by atoms with Crippen molar-refractivity contribution in [2.45, 2.75) is 30.5 Å². The van der Waals surface area contributed by atoms with Crippen LogP contribution in [0.2, 0.25) is 0 Å². The second-order valence-electron chi connectivity index (χ2n) is 6.15. The molecule has 0 unspecified atom stereocenters. The summed E-state index contributed by atoms with van der Waals surface area (Å²) in [6.07, 6.45) is 2.55. The van der Waals surface area contributed by atoms with Crippen molar-refractivity contribution in [3.8, 4) is 0 Å². The van der Waals surface area contributed by atoms with Gasteiger partial charge in [-0.05, 0) is 56.6 Å². The Labute approximate surface area is 157 Å². The zero-order valence-electron chi connectivity index (χ0n) is 13.4. The van der Waals surface area contributed by atoms with Gasteiger partial charge >= 0.3 is 5.97 Å². The molecule has 1 aliphatic rings. The molecule has 4 rings (SSSR count). The lowest BCUT2D eigenvalue weighted by molar-refractivity contribution is -0.133. The van der Waals surface area contributed by atoms with Gasteiger partial charge in [0.2, 0.25) is 4.73 Å². The smallest absolute Gasteiger partial charge is 0.313 e. The Morgan fingerprint density at radius 2 is 1.96 bits per heavy atom. The fourth-order valence-electron chi connectivity index (χ4n) is 3.08. The van der Waals surface area contributed by atoms with Crippen molar-refractivity contribution in [2.75, 3.05) is 5.75 Å². The van der Waals surface area contributed by atoms with Gasteiger partial charge in [-0.1, -0.05) is 48.2 Å². The molecule has 3 aromatic rings. The molecule has 2 aromatic carbocycles. The molecule has 25 heavy (non-hydrogen) atoms. The van der Waals surface area contributed by atoms with Crippen molar-refractivity contribution in [3.63, 3.8) is 0 Å². The monoisotopic (exact) mass is 417 g/mol. The highest BCUT2D eigenvalue weighted by atomic mass is 79.9. The van der Waals surface area contributed by atoms with Crippen LogP contribution >= 0.6 is 27.7 Å². The Hall–Kier alpha value is -1.86. The number of carbonyl (C=O) groups is 1. The number of aliphatic carboxylic acids is 1. The number of rotatable bonds is 6. The number of halogens is 1. The zero-order chi connectivity index (χ0) is 17.4. The summed E-state index contributed by atoms with van der Waals surface area (Å²) in [6.45, 7) is 0.598. The van der Waals surface area contributed by atoms with E-state index >= 15 is 0 Å². The minimum Gasteiger partial charge on any atom is -0.481 e. The van der Waals surface area contributed by atoms with Crippen LogP contribution in [0.5, 0.6) is 0 Å². The Morgan fingerprint density at radius 1 is 1.20 bits per heavy atom. The summed E-state index contributed by atoms with van der Waals surface area (Å²) in [4.78, 5) is 10.8. The van der Waals surface area contributed by atoms with Gasteiger partial charge in [-0.25, -0.2) is 0 Å². The van der Waals surface area contributed by atoms with E-state index in [0.29, 0.717) is 22.4 Å². The molecule has 1 saturated carbocycles. The SMILES string of the molecule is O=C(O)CSc1nnc(Br)n1Cc1ccc(C2CC2)c2ccccc12. The van der Waals surface area contributed by atoms with Crippen molar-refractivity contribution in [3.05, 3.63) is 52.3 Å². The summed E-state index contributed by atoms with van der Waals surface area (Å²) in [5.41, 5.74) is 2.61. The van der Waals surface area contributed by atoms with Crippen LogP contribution in [0.15, 0.2) is 46.3 Å². The van der Waals surface area contributed by atoms with Gasteiger partial charge in [0.15, 0.2) is 5.16 Å². The Kier molecular flexibility index (Phi) is 4.52. The van der Waals surface area contributed by atoms with Crippen LogP contribution in [0.4, 0.5) is 0 Å². The summed E-state index contributed by atoms with van der Waals surface area (Å²) in [5, 5.41) is 20.2. The molecule has 1 heterocycles. The number of hydrogen-bond donors (Lipinski definition) is 1. The van der Waals surface area contributed by atoms with Crippen LogP contribution in [0, 0.1) is 0 Å². The summed E-state index contributed by atoms with van der Waals surface area (Å²) in [7, 11) is 0. The van der Waals surface area contributed by atoms with E-state index in [1.54, 1.807) is 0 Å². The standard InChI is InChI=1S/C18H16BrN3O2S/c19-17-20-21-18(25-10-16(23)24)22(17)9-12-7-8-14(11-5-6-11)15-4-2-1-3-13(12)15/h1-4,7-8,11H,5-6,9-10H2,(H,23,24). The first-order chi connectivity index (χ1) is 12.1. The number of nitrogens with zero attached hydrogens (tertiary/aromatic N) is 3. The summed E-state index contributed by atoms with van der Waals surface area (Å²) in [5.74, 6) is -0.204. The van der Waals surface area contributed by atoms with E-state index in [1.807, 2.05) is 4.57 Å². The lowest BCUT2D eigenvalue weighted by Gasteiger charge is -2.13. The van der Waals surface area contributed by atoms with Gasteiger partial charge < -0.3 is 5.11 Å². The third-order valence-electron chi connectivity index (χ3n) is 4.39. The average Bonchev–Trinajstić information content (AvgIpc) is 3.39. The predicted molar refractivity (Wildman–Crippen MR) is 101 cm³/mol. The highest BCUT2D eigenvalue weighted by Crippen LogP contribution is 2.43. The van der Waals surface area contributed by atoms with Gasteiger partial charge in [0.25, 0.3) is 0 Å². The fraction of sp³-hybridized carbons (Fsp3) is 0.278. The first kappa shape index (κ1) is 16.6. The molecule has 0 atom stereocenters. The quantitative estimate of drug-likeness (QED) is 0.605. The molecule has 0 spiro atoms. The molecule has 0 saturated heterocycles.